The zero-order chi connectivity index (χ0) is 30.8. The van der Waals surface area contributed by atoms with E-state index in [1.54, 1.807) is 0 Å². The molecule has 4 nitrogen and oxygen atoms in total. The predicted molar refractivity (Wildman–Crippen MR) is 192 cm³/mol. The van der Waals surface area contributed by atoms with Crippen LogP contribution in [-0.2, 0) is 0 Å². The minimum absolute atomic E-state index is 0.759. The Kier molecular flexibility index (Phi) is 7.38. The lowest BCUT2D eigenvalue weighted by Crippen LogP contribution is -2.22. The van der Waals surface area contributed by atoms with E-state index < -0.39 is 0 Å². The van der Waals surface area contributed by atoms with Crippen LogP contribution in [0.25, 0.3) is 44.5 Å². The topological polar surface area (TPSA) is 81.3 Å². The maximum atomic E-state index is 5.91. The molecule has 4 heteroatoms. The second-order valence-corrected chi connectivity index (χ2v) is 11.4. The van der Waals surface area contributed by atoms with Crippen molar-refractivity contribution in [3.05, 3.63) is 169 Å². The van der Waals surface area contributed by atoms with Crippen LogP contribution in [0.4, 0.5) is 22.7 Å². The van der Waals surface area contributed by atoms with Gasteiger partial charge in [0.2, 0.25) is 0 Å². The summed E-state index contributed by atoms with van der Waals surface area (Å²) >= 11 is 0. The maximum absolute atomic E-state index is 5.91. The first-order chi connectivity index (χ1) is 22.0. The van der Waals surface area contributed by atoms with Crippen LogP contribution in [0.5, 0.6) is 0 Å². The number of benzene rings is 6. The van der Waals surface area contributed by atoms with Crippen molar-refractivity contribution in [3.8, 4) is 33.4 Å². The van der Waals surface area contributed by atoms with Gasteiger partial charge in [0, 0.05) is 35.5 Å². The van der Waals surface area contributed by atoms with E-state index in [0.29, 0.717) is 0 Å². The standard InChI is InChI=1S/C41H34N4/c42-38-17-9-30(10-18-38)28-1-5-34(6-2-28)36-25-37(35-7-3-29(4-8-35)31-11-19-39(43)20-12-31)27-45(26-36)41-23-15-33(16-24-41)32-13-21-40(44)22-14-32/h1-26H,27,42-44H2. The Labute approximate surface area is 264 Å². The third-order valence-electron chi connectivity index (χ3n) is 8.37. The van der Waals surface area contributed by atoms with E-state index >= 15 is 0 Å². The molecule has 0 spiro atoms. The average Bonchev–Trinajstić information content (AvgIpc) is 3.09. The van der Waals surface area contributed by atoms with Gasteiger partial charge in [-0.15, -0.1) is 0 Å². The second kappa shape index (κ2) is 11.9. The van der Waals surface area contributed by atoms with Crippen LogP contribution in [0.2, 0.25) is 0 Å². The van der Waals surface area contributed by atoms with Crippen molar-refractivity contribution in [3.63, 3.8) is 0 Å². The van der Waals surface area contributed by atoms with Crippen LogP contribution in [0, 0.1) is 0 Å². The number of nitrogens with two attached hydrogens (primary N) is 3. The Morgan fingerprint density at radius 2 is 0.667 bits per heavy atom. The maximum Gasteiger partial charge on any atom is 0.0482 e. The molecule has 6 aromatic rings. The molecule has 0 bridgehead atoms. The lowest BCUT2D eigenvalue weighted by atomic mass is 9.93. The first kappa shape index (κ1) is 27.8. The molecule has 7 rings (SSSR count). The Morgan fingerprint density at radius 3 is 1.07 bits per heavy atom. The zero-order valence-electron chi connectivity index (χ0n) is 24.9. The van der Waals surface area contributed by atoms with Gasteiger partial charge in [0.1, 0.15) is 0 Å². The van der Waals surface area contributed by atoms with Crippen LogP contribution >= 0.6 is 0 Å². The highest BCUT2D eigenvalue weighted by molar-refractivity contribution is 5.90. The van der Waals surface area contributed by atoms with Crippen molar-refractivity contribution in [1.29, 1.82) is 0 Å². The monoisotopic (exact) mass is 582 g/mol. The third kappa shape index (κ3) is 6.08. The van der Waals surface area contributed by atoms with E-state index in [-0.39, 0.29) is 0 Å². The first-order valence-corrected chi connectivity index (χ1v) is 15.1. The SMILES string of the molecule is Nc1ccc(-c2ccc(C3=CN(c4ccc(-c5ccc(N)cc5)cc4)CC(c4ccc(-c5ccc(N)cc5)cc4)=C3)cc2)cc1. The van der Waals surface area contributed by atoms with E-state index in [1.807, 2.05) is 36.4 Å². The van der Waals surface area contributed by atoms with Crippen molar-refractivity contribution in [2.75, 3.05) is 28.6 Å². The molecule has 1 heterocycles. The highest BCUT2D eigenvalue weighted by Crippen LogP contribution is 2.34. The van der Waals surface area contributed by atoms with E-state index in [2.05, 4.69) is 126 Å². The predicted octanol–water partition coefficient (Wildman–Crippen LogP) is 9.38. The lowest BCUT2D eigenvalue weighted by Gasteiger charge is -2.28. The van der Waals surface area contributed by atoms with Crippen molar-refractivity contribution in [2.24, 2.45) is 0 Å². The number of nitrogen functional groups attached to an aromatic ring is 3. The molecule has 6 aromatic carbocycles. The minimum Gasteiger partial charge on any atom is -0.399 e. The highest BCUT2D eigenvalue weighted by Gasteiger charge is 2.17. The van der Waals surface area contributed by atoms with Gasteiger partial charge < -0.3 is 22.1 Å². The number of nitrogens with zero attached hydrogens (tertiary/aromatic N) is 1. The summed E-state index contributed by atoms with van der Waals surface area (Å²) in [7, 11) is 0. The molecule has 0 aliphatic carbocycles. The summed E-state index contributed by atoms with van der Waals surface area (Å²) < 4.78 is 0. The molecule has 0 saturated carbocycles. The Hall–Kier alpha value is -6.00. The molecule has 218 valence electrons. The normalized spacial score (nSPS) is 12.8. The second-order valence-electron chi connectivity index (χ2n) is 11.4. The summed E-state index contributed by atoms with van der Waals surface area (Å²) in [5, 5.41) is 0. The molecule has 6 N–H and O–H groups in total. The number of rotatable bonds is 6. The summed E-state index contributed by atoms with van der Waals surface area (Å²) in [5.74, 6) is 0. The van der Waals surface area contributed by atoms with Gasteiger partial charge in [-0.25, -0.2) is 0 Å². The van der Waals surface area contributed by atoms with Crippen molar-refractivity contribution in [2.45, 2.75) is 0 Å². The van der Waals surface area contributed by atoms with Crippen molar-refractivity contribution in [1.82, 2.24) is 0 Å². The van der Waals surface area contributed by atoms with Crippen LogP contribution in [0.15, 0.2) is 158 Å². The van der Waals surface area contributed by atoms with Gasteiger partial charge in [-0.3, -0.25) is 0 Å². The zero-order valence-corrected chi connectivity index (χ0v) is 24.9. The van der Waals surface area contributed by atoms with Crippen LogP contribution < -0.4 is 22.1 Å². The Bertz CT molecular complexity index is 1980. The number of hydrogen-bond acceptors (Lipinski definition) is 4. The minimum atomic E-state index is 0.759. The fourth-order valence-electron chi connectivity index (χ4n) is 5.77. The summed E-state index contributed by atoms with van der Waals surface area (Å²) in [4.78, 5) is 2.33. The Morgan fingerprint density at radius 1 is 0.356 bits per heavy atom. The summed E-state index contributed by atoms with van der Waals surface area (Å²) in [6.45, 7) is 0.759. The first-order valence-electron chi connectivity index (χ1n) is 15.1. The molecule has 0 radical (unpaired) electrons. The van der Waals surface area contributed by atoms with Gasteiger partial charge in [-0.2, -0.15) is 0 Å². The molecule has 0 saturated heterocycles. The third-order valence-corrected chi connectivity index (χ3v) is 8.37. The average molecular weight is 583 g/mol. The van der Waals surface area contributed by atoms with Crippen molar-refractivity contribution >= 4 is 33.9 Å². The van der Waals surface area contributed by atoms with Gasteiger partial charge in [-0.05, 0) is 110 Å². The van der Waals surface area contributed by atoms with Crippen LogP contribution in [-0.4, -0.2) is 6.54 Å². The number of allylic oxidation sites excluding steroid dienone is 2. The van der Waals surface area contributed by atoms with Gasteiger partial charge in [0.05, 0.1) is 0 Å². The molecule has 0 atom stereocenters. The molecule has 45 heavy (non-hydrogen) atoms. The van der Waals surface area contributed by atoms with Crippen LogP contribution in [0.1, 0.15) is 11.1 Å². The van der Waals surface area contributed by atoms with Crippen LogP contribution in [0.3, 0.4) is 0 Å². The van der Waals surface area contributed by atoms with E-state index in [9.17, 15) is 0 Å². The van der Waals surface area contributed by atoms with Gasteiger partial charge in [-0.1, -0.05) is 97.1 Å². The molecule has 1 aliphatic rings. The summed E-state index contributed by atoms with van der Waals surface area (Å²) in [6, 6.07) is 50.3. The number of anilines is 4. The highest BCUT2D eigenvalue weighted by atomic mass is 15.1. The van der Waals surface area contributed by atoms with Gasteiger partial charge in [0.15, 0.2) is 0 Å². The Balaban J connectivity index is 1.22. The van der Waals surface area contributed by atoms with Gasteiger partial charge in [0.25, 0.3) is 0 Å². The van der Waals surface area contributed by atoms with E-state index in [0.717, 1.165) is 68.2 Å². The van der Waals surface area contributed by atoms with Crippen molar-refractivity contribution < 1.29 is 0 Å². The van der Waals surface area contributed by atoms with Gasteiger partial charge >= 0.3 is 0 Å². The molecule has 0 aromatic heterocycles. The van der Waals surface area contributed by atoms with E-state index in [4.69, 9.17) is 17.2 Å². The lowest BCUT2D eigenvalue weighted by molar-refractivity contribution is 1.09. The molecule has 0 unspecified atom stereocenters. The fraction of sp³-hybridized carbons (Fsp3) is 0.0244. The molecule has 0 amide bonds. The summed E-state index contributed by atoms with van der Waals surface area (Å²) in [6.07, 6.45) is 4.57. The largest absolute Gasteiger partial charge is 0.399 e. The quantitative estimate of drug-likeness (QED) is 0.171. The number of hydrogen-bond donors (Lipinski definition) is 3. The fourth-order valence-corrected chi connectivity index (χ4v) is 5.77. The summed E-state index contributed by atoms with van der Waals surface area (Å²) in [5.41, 5.74) is 32.9. The molecular formula is C41H34N4. The smallest absolute Gasteiger partial charge is 0.0482 e. The molecule has 0 fully saturated rings. The van der Waals surface area contributed by atoms with E-state index in [1.165, 1.54) is 16.7 Å². The molecule has 1 aliphatic heterocycles. The molecular weight excluding hydrogens is 548 g/mol.